The van der Waals surface area contributed by atoms with Gasteiger partial charge < -0.3 is 44.6 Å². The van der Waals surface area contributed by atoms with Crippen molar-refractivity contribution in [3.8, 4) is 0 Å². The van der Waals surface area contributed by atoms with Crippen LogP contribution in [0, 0.1) is 42.1 Å². The summed E-state index contributed by atoms with van der Waals surface area (Å²) in [6, 6.07) is 1.92. The van der Waals surface area contributed by atoms with E-state index < -0.39 is 58.7 Å². The van der Waals surface area contributed by atoms with E-state index in [1.807, 2.05) is 4.57 Å². The number of rotatable bonds is 10. The van der Waals surface area contributed by atoms with Crippen molar-refractivity contribution in [1.82, 2.24) is 14.5 Å². The Morgan fingerprint density at radius 1 is 0.726 bits per heavy atom. The van der Waals surface area contributed by atoms with Crippen LogP contribution in [0.2, 0.25) is 0 Å². The zero-order valence-electron chi connectivity index (χ0n) is 34.5. The normalized spacial score (nSPS) is 18.4. The number of fused-ring (bicyclic) bond motifs is 2. The highest BCUT2D eigenvalue weighted by Crippen LogP contribution is 2.46. The first kappa shape index (κ1) is 46.8. The van der Waals surface area contributed by atoms with Gasteiger partial charge in [-0.3, -0.25) is 9.59 Å². The van der Waals surface area contributed by atoms with Gasteiger partial charge in [0.15, 0.2) is 11.6 Å². The summed E-state index contributed by atoms with van der Waals surface area (Å²) in [5.41, 5.74) is -1.31. The van der Waals surface area contributed by atoms with E-state index in [1.54, 1.807) is 6.92 Å². The molecule has 1 saturated heterocycles. The van der Waals surface area contributed by atoms with Crippen LogP contribution in [0.4, 0.5) is 21.8 Å². The topological polar surface area (TPSA) is 201 Å². The lowest BCUT2D eigenvalue weighted by molar-refractivity contribution is 0.0186. The number of aryl methyl sites for hydroxylation is 2. The Bertz CT molecular complexity index is 2450. The average Bonchev–Trinajstić information content (AvgIpc) is 4.20. The highest BCUT2D eigenvalue weighted by atomic mass is 19.2. The number of nitrogens with zero attached hydrogens (tertiary/aromatic N) is 2. The van der Waals surface area contributed by atoms with E-state index in [-0.39, 0.29) is 77.3 Å². The van der Waals surface area contributed by atoms with Gasteiger partial charge in [-0.15, -0.1) is 0 Å². The van der Waals surface area contributed by atoms with E-state index >= 15 is 4.39 Å². The number of pyridine rings is 2. The molecule has 1 aliphatic heterocycles. The zero-order chi connectivity index (χ0) is 45.3. The van der Waals surface area contributed by atoms with Crippen molar-refractivity contribution in [3.05, 3.63) is 90.2 Å². The first-order chi connectivity index (χ1) is 29.5. The maximum atomic E-state index is 15.2. The van der Waals surface area contributed by atoms with Gasteiger partial charge in [-0.2, -0.15) is 0 Å². The number of aromatic nitrogens is 2. The Hall–Kier alpha value is -4.69. The molecule has 13 nitrogen and oxygen atoms in total. The van der Waals surface area contributed by atoms with E-state index in [9.17, 15) is 51.9 Å². The number of nitrogens with one attached hydrogen (secondary N) is 1. The Labute approximate surface area is 353 Å². The average molecular weight is 876 g/mol. The molecule has 19 heteroatoms. The number of benzene rings is 2. The van der Waals surface area contributed by atoms with E-state index in [2.05, 4.69) is 9.97 Å². The number of hydrogen-bond donors (Lipinski definition) is 6. The molecule has 0 amide bonds. The predicted octanol–water partition coefficient (Wildman–Crippen LogP) is 5.46. The Morgan fingerprint density at radius 3 is 1.63 bits per heavy atom. The van der Waals surface area contributed by atoms with Crippen LogP contribution in [0.15, 0.2) is 34.1 Å². The molecule has 0 unspecified atom stereocenters. The molecule has 0 bridgehead atoms. The van der Waals surface area contributed by atoms with Gasteiger partial charge in [0.25, 0.3) is 0 Å². The largest absolute Gasteiger partial charge is 0.798 e. The lowest BCUT2D eigenvalue weighted by Crippen LogP contribution is -2.41. The summed E-state index contributed by atoms with van der Waals surface area (Å²) in [5, 5.41) is 49.6. The number of carboxylic acid groups (broad SMARTS) is 1. The third kappa shape index (κ3) is 9.46. The summed E-state index contributed by atoms with van der Waals surface area (Å²) in [6.45, 7) is 5.01. The molecular formula is C43H51BF5N3O10. The minimum Gasteiger partial charge on any atom is -0.477 e. The maximum absolute atomic E-state index is 15.2. The highest BCUT2D eigenvalue weighted by molar-refractivity contribution is 6.38. The summed E-state index contributed by atoms with van der Waals surface area (Å²) < 4.78 is 74.1. The molecule has 8 rings (SSSR count). The second kappa shape index (κ2) is 19.0. The number of carbonyl (C=O) groups is 2. The molecule has 4 aliphatic rings. The number of aliphatic hydroxyl groups is 4. The molecule has 3 saturated carbocycles. The van der Waals surface area contributed by atoms with Crippen LogP contribution in [0.5, 0.6) is 0 Å². The highest BCUT2D eigenvalue weighted by Gasteiger charge is 2.38. The van der Waals surface area contributed by atoms with Gasteiger partial charge in [0.05, 0.1) is 37.5 Å². The van der Waals surface area contributed by atoms with Gasteiger partial charge in [0.1, 0.15) is 16.9 Å². The molecule has 4 fully saturated rings. The van der Waals surface area contributed by atoms with Crippen LogP contribution in [-0.4, -0.2) is 93.6 Å². The fraction of sp³-hybridized carbons (Fsp3) is 0.535. The van der Waals surface area contributed by atoms with Crippen molar-refractivity contribution < 1.29 is 61.6 Å². The Balaban J connectivity index is 0.000000173. The summed E-state index contributed by atoms with van der Waals surface area (Å²) in [5.74, 6) is -5.67. The van der Waals surface area contributed by atoms with Crippen LogP contribution < -0.4 is 16.2 Å². The fourth-order valence-corrected chi connectivity index (χ4v) is 8.78. The molecule has 0 radical (unpaired) electrons. The number of halogens is 5. The smallest absolute Gasteiger partial charge is 0.477 e. The standard InChI is InChI=1S/C22H26FNO5.C14H10BF4NO3.C7H15NO2/c1-12-18(13-4-6-22(10-25,11-26)7-5-13)17(23)8-15-19(12)24(14-2-3-14)9-16(20(15)27)21(28)29;1-6-11(17)10(16)4-8-12(6)20(7-2-3-7)5-9(13(8)21)14(22)23-15(18)19;9-5-7(6-10)1-3-8-4-2-7/h8-9,13-14,25-26H,2-7,10-11H2,1H3,(H,28,29);4-5,7H,2-3H2,1H3;8-10H,1-6H2. The molecule has 62 heavy (non-hydrogen) atoms. The van der Waals surface area contributed by atoms with Crippen LogP contribution in [0.25, 0.3) is 21.8 Å². The molecule has 4 aromatic rings. The molecule has 6 N–H and O–H groups in total. The Kier molecular flexibility index (Phi) is 14.3. The molecule has 0 spiro atoms. The molecule has 3 aliphatic carbocycles. The lowest BCUT2D eigenvalue weighted by Gasteiger charge is -2.38. The minimum absolute atomic E-state index is 0.0625. The van der Waals surface area contributed by atoms with Gasteiger partial charge in [0.2, 0.25) is 10.9 Å². The number of hydrogen-bond acceptors (Lipinski definition) is 10. The summed E-state index contributed by atoms with van der Waals surface area (Å²) >= 11 is 0. The third-order valence-corrected chi connectivity index (χ3v) is 13.0. The summed E-state index contributed by atoms with van der Waals surface area (Å²) in [7, 11) is -3.38. The van der Waals surface area contributed by atoms with Gasteiger partial charge in [0, 0.05) is 51.6 Å². The monoisotopic (exact) mass is 875 g/mol. The van der Waals surface area contributed by atoms with Crippen LogP contribution in [-0.2, 0) is 4.65 Å². The van der Waals surface area contributed by atoms with Crippen molar-refractivity contribution in [2.45, 2.75) is 96.1 Å². The predicted molar refractivity (Wildman–Crippen MR) is 219 cm³/mol. The van der Waals surface area contributed by atoms with Crippen LogP contribution in [0.1, 0.15) is 120 Å². The zero-order valence-corrected chi connectivity index (χ0v) is 34.5. The fourth-order valence-electron chi connectivity index (χ4n) is 8.78. The molecular weight excluding hydrogens is 824 g/mol. The SMILES string of the molecule is Cc1c(C2CCC(CO)(CO)CC2)c(F)cc2c(=O)c(C(=O)O)cn(C3CC3)c12.Cc1c(F)c(F)cc2c(=O)c(C(=O)OB(F)F)cn(C3CC3)c12.OCC1(CO)CCNCC1. The molecule has 2 aromatic carbocycles. The summed E-state index contributed by atoms with van der Waals surface area (Å²) in [4.78, 5) is 48.2. The number of carbonyl (C=O) groups excluding carboxylic acids is 1. The second-order valence-electron chi connectivity index (χ2n) is 17.1. The van der Waals surface area contributed by atoms with Gasteiger partial charge in [-0.1, -0.05) is 0 Å². The third-order valence-electron chi connectivity index (χ3n) is 13.0. The van der Waals surface area contributed by atoms with E-state index in [0.717, 1.165) is 57.8 Å². The van der Waals surface area contributed by atoms with Gasteiger partial charge in [-0.05, 0) is 120 Å². The lowest BCUT2D eigenvalue weighted by atomic mass is 9.69. The number of aromatic carboxylic acids is 1. The van der Waals surface area contributed by atoms with Crippen molar-refractivity contribution in [2.24, 2.45) is 10.8 Å². The van der Waals surface area contributed by atoms with Crippen molar-refractivity contribution in [2.75, 3.05) is 39.5 Å². The van der Waals surface area contributed by atoms with E-state index in [1.165, 1.54) is 23.8 Å². The Morgan fingerprint density at radius 2 is 1.18 bits per heavy atom. The van der Waals surface area contributed by atoms with E-state index in [4.69, 9.17) is 10.2 Å². The first-order valence-corrected chi connectivity index (χ1v) is 20.7. The molecule has 3 heterocycles. The number of piperidine rings is 1. The van der Waals surface area contributed by atoms with E-state index in [0.29, 0.717) is 48.4 Å². The second-order valence-corrected chi connectivity index (χ2v) is 17.1. The van der Waals surface area contributed by atoms with Crippen LogP contribution >= 0.6 is 0 Å². The molecule has 336 valence electrons. The van der Waals surface area contributed by atoms with Crippen molar-refractivity contribution >= 4 is 41.2 Å². The number of carboxylic acids is 1. The van der Waals surface area contributed by atoms with Crippen molar-refractivity contribution in [1.29, 1.82) is 0 Å². The van der Waals surface area contributed by atoms with Gasteiger partial charge >= 0.3 is 19.4 Å². The maximum Gasteiger partial charge on any atom is 0.798 e. The number of aliphatic hydroxyl groups excluding tert-OH is 4. The van der Waals surface area contributed by atoms with Crippen LogP contribution in [0.3, 0.4) is 0 Å². The minimum atomic E-state index is -3.38. The first-order valence-electron chi connectivity index (χ1n) is 20.7. The quantitative estimate of drug-likeness (QED) is 0.0874. The molecule has 0 atom stereocenters. The van der Waals surface area contributed by atoms with Gasteiger partial charge in [-0.25, -0.2) is 31.4 Å². The van der Waals surface area contributed by atoms with Crippen molar-refractivity contribution in [3.63, 3.8) is 0 Å². The molecule has 2 aromatic heterocycles. The summed E-state index contributed by atoms with van der Waals surface area (Å²) in [6.07, 6.45) is 10.0.